The summed E-state index contributed by atoms with van der Waals surface area (Å²) in [6.07, 6.45) is 1.99. The summed E-state index contributed by atoms with van der Waals surface area (Å²) in [6, 6.07) is 28.3. The molecule has 198 valence electrons. The Morgan fingerprint density at radius 1 is 0.744 bits per heavy atom. The molecular formula is C35H35NO3. The summed E-state index contributed by atoms with van der Waals surface area (Å²) in [4.78, 5) is 35.3. The quantitative estimate of drug-likeness (QED) is 0.200. The number of benzene rings is 4. The van der Waals surface area contributed by atoms with Gasteiger partial charge in [-0.05, 0) is 39.3 Å². The van der Waals surface area contributed by atoms with Gasteiger partial charge in [0.05, 0.1) is 17.6 Å². The normalized spacial score (nSPS) is 23.8. The van der Waals surface area contributed by atoms with Crippen LogP contribution in [0.4, 0.5) is 5.69 Å². The maximum atomic E-state index is 14.3. The number of carbonyl (C=O) groups is 2. The first kappa shape index (κ1) is 25.5. The molecule has 3 unspecified atom stereocenters. The fourth-order valence-electron chi connectivity index (χ4n) is 6.42. The van der Waals surface area contributed by atoms with Crippen molar-refractivity contribution in [2.45, 2.75) is 53.2 Å². The Labute approximate surface area is 230 Å². The van der Waals surface area contributed by atoms with E-state index in [4.69, 9.17) is 4.84 Å². The van der Waals surface area contributed by atoms with Crippen molar-refractivity contribution in [2.24, 2.45) is 16.7 Å². The Balaban J connectivity index is 1.73. The molecule has 0 bridgehead atoms. The van der Waals surface area contributed by atoms with Gasteiger partial charge in [-0.25, -0.2) is 5.06 Å². The number of allylic oxidation sites excluding steroid dienone is 1. The molecule has 1 aliphatic heterocycles. The van der Waals surface area contributed by atoms with Crippen LogP contribution in [0.5, 0.6) is 0 Å². The molecule has 0 aromatic heterocycles. The first-order valence-electron chi connectivity index (χ1n) is 13.7. The summed E-state index contributed by atoms with van der Waals surface area (Å²) in [5, 5.41) is 6.23. The molecule has 0 saturated carbocycles. The lowest BCUT2D eigenvalue weighted by Gasteiger charge is -2.45. The number of fused-ring (bicyclic) bond motifs is 3. The van der Waals surface area contributed by atoms with Crippen molar-refractivity contribution in [3.05, 3.63) is 102 Å². The summed E-state index contributed by atoms with van der Waals surface area (Å²) in [5.41, 5.74) is 0.364. The summed E-state index contributed by atoms with van der Waals surface area (Å²) in [5.74, 6) is -1.49. The molecule has 1 aliphatic carbocycles. The smallest absolute Gasteiger partial charge is 0.225 e. The number of nitrogens with zero attached hydrogens (tertiary/aromatic N) is 1. The highest BCUT2D eigenvalue weighted by atomic mass is 16.7. The van der Waals surface area contributed by atoms with Crippen molar-refractivity contribution in [2.75, 3.05) is 5.06 Å². The molecule has 4 aromatic carbocycles. The third-order valence-electron chi connectivity index (χ3n) is 8.47. The highest BCUT2D eigenvalue weighted by Crippen LogP contribution is 2.59. The highest BCUT2D eigenvalue weighted by Gasteiger charge is 2.66. The zero-order chi connectivity index (χ0) is 27.7. The summed E-state index contributed by atoms with van der Waals surface area (Å²) >= 11 is 0. The van der Waals surface area contributed by atoms with Gasteiger partial charge < -0.3 is 0 Å². The van der Waals surface area contributed by atoms with Gasteiger partial charge in [0.1, 0.15) is 5.60 Å². The molecule has 4 aromatic rings. The van der Waals surface area contributed by atoms with Crippen molar-refractivity contribution in [1.29, 1.82) is 0 Å². The maximum absolute atomic E-state index is 14.3. The first-order valence-corrected chi connectivity index (χ1v) is 13.7. The van der Waals surface area contributed by atoms with Crippen LogP contribution >= 0.6 is 0 Å². The van der Waals surface area contributed by atoms with E-state index in [9.17, 15) is 9.59 Å². The summed E-state index contributed by atoms with van der Waals surface area (Å²) < 4.78 is 0. The summed E-state index contributed by atoms with van der Waals surface area (Å²) in [6.45, 7) is 12.3. The fourth-order valence-corrected chi connectivity index (χ4v) is 6.42. The average Bonchev–Trinajstić information content (AvgIpc) is 3.26. The lowest BCUT2D eigenvalue weighted by atomic mass is 9.59. The SMILES string of the molecule is CC(C)(C)C1=CC2(C(C)(C)C)ON(c3c4ccccc4cc4ccccc34)C(c3ccccc3)C2C(=O)C1=O. The van der Waals surface area contributed by atoms with Crippen molar-refractivity contribution < 1.29 is 14.4 Å². The molecule has 1 saturated heterocycles. The van der Waals surface area contributed by atoms with E-state index in [0.29, 0.717) is 5.57 Å². The Hall–Kier alpha value is -3.76. The van der Waals surface area contributed by atoms with Crippen LogP contribution in [-0.2, 0) is 14.4 Å². The average molecular weight is 518 g/mol. The van der Waals surface area contributed by atoms with Crippen LogP contribution in [0.15, 0.2) is 96.6 Å². The first-order chi connectivity index (χ1) is 18.4. The van der Waals surface area contributed by atoms with E-state index in [1.807, 2.05) is 86.5 Å². The van der Waals surface area contributed by atoms with Gasteiger partial charge in [0, 0.05) is 16.3 Å². The summed E-state index contributed by atoms with van der Waals surface area (Å²) in [7, 11) is 0. The number of anilines is 1. The van der Waals surface area contributed by atoms with Crippen molar-refractivity contribution >= 4 is 38.8 Å². The fraction of sp³-hybridized carbons (Fsp3) is 0.314. The monoisotopic (exact) mass is 517 g/mol. The topological polar surface area (TPSA) is 46.6 Å². The number of ketones is 2. The highest BCUT2D eigenvalue weighted by molar-refractivity contribution is 6.46. The van der Waals surface area contributed by atoms with Crippen LogP contribution in [0.25, 0.3) is 21.5 Å². The van der Waals surface area contributed by atoms with Crippen molar-refractivity contribution in [1.82, 2.24) is 0 Å². The number of hydroxylamine groups is 1. The van der Waals surface area contributed by atoms with E-state index in [2.05, 4.69) is 51.1 Å². The van der Waals surface area contributed by atoms with Gasteiger partial charge >= 0.3 is 0 Å². The molecule has 2 aliphatic rings. The van der Waals surface area contributed by atoms with Gasteiger partial charge in [-0.1, -0.05) is 120 Å². The maximum Gasteiger partial charge on any atom is 0.225 e. The molecule has 0 spiro atoms. The van der Waals surface area contributed by atoms with E-state index >= 15 is 0 Å². The minimum atomic E-state index is -1.03. The van der Waals surface area contributed by atoms with Gasteiger partial charge in [0.25, 0.3) is 0 Å². The van der Waals surface area contributed by atoms with E-state index in [0.717, 1.165) is 32.8 Å². The van der Waals surface area contributed by atoms with Gasteiger partial charge in [-0.3, -0.25) is 14.4 Å². The Bertz CT molecular complexity index is 1600. The molecule has 3 atom stereocenters. The third kappa shape index (κ3) is 3.76. The third-order valence-corrected chi connectivity index (χ3v) is 8.47. The molecule has 4 nitrogen and oxygen atoms in total. The second-order valence-corrected chi connectivity index (χ2v) is 13.0. The molecule has 0 radical (unpaired) electrons. The second-order valence-electron chi connectivity index (χ2n) is 13.0. The van der Waals surface area contributed by atoms with E-state index in [1.165, 1.54) is 0 Å². The van der Waals surface area contributed by atoms with E-state index in [-0.39, 0.29) is 5.78 Å². The van der Waals surface area contributed by atoms with Gasteiger partial charge in [0.15, 0.2) is 0 Å². The Kier molecular flexibility index (Phi) is 5.64. The number of rotatable bonds is 2. The number of hydrogen-bond donors (Lipinski definition) is 0. The largest absolute Gasteiger partial charge is 0.290 e. The van der Waals surface area contributed by atoms with Crippen LogP contribution in [0, 0.1) is 16.7 Å². The zero-order valence-corrected chi connectivity index (χ0v) is 23.5. The molecule has 4 heteroatoms. The number of carbonyl (C=O) groups excluding carboxylic acids is 2. The molecule has 6 rings (SSSR count). The van der Waals surface area contributed by atoms with Crippen molar-refractivity contribution in [3.63, 3.8) is 0 Å². The minimum absolute atomic E-state index is 0.377. The molecule has 0 N–H and O–H groups in total. The Morgan fingerprint density at radius 3 is 1.82 bits per heavy atom. The molecule has 0 amide bonds. The van der Waals surface area contributed by atoms with Crippen LogP contribution in [0.1, 0.15) is 53.1 Å². The molecule has 1 fully saturated rings. The minimum Gasteiger partial charge on any atom is -0.290 e. The predicted molar refractivity (Wildman–Crippen MR) is 157 cm³/mol. The van der Waals surface area contributed by atoms with Crippen molar-refractivity contribution in [3.8, 4) is 0 Å². The lowest BCUT2D eigenvalue weighted by molar-refractivity contribution is -0.147. The van der Waals surface area contributed by atoms with Gasteiger partial charge in [0.2, 0.25) is 11.6 Å². The number of hydrogen-bond acceptors (Lipinski definition) is 4. The van der Waals surface area contributed by atoms with Crippen LogP contribution in [0.2, 0.25) is 0 Å². The molecule has 1 heterocycles. The predicted octanol–water partition coefficient (Wildman–Crippen LogP) is 8.01. The standard InChI is InChI=1S/C35H35NO3/c1-33(2,3)27-21-35(34(4,5)6)28(32(38)31(27)37)29(22-14-8-7-9-15-22)36(39-35)30-25-18-12-10-16-23(25)20-24-17-11-13-19-26(24)30/h7-21,28-29H,1-6H3. The van der Waals surface area contributed by atoms with Crippen LogP contribution in [0.3, 0.4) is 0 Å². The molecular weight excluding hydrogens is 482 g/mol. The molecule has 39 heavy (non-hydrogen) atoms. The van der Waals surface area contributed by atoms with Gasteiger partial charge in [-0.2, -0.15) is 0 Å². The van der Waals surface area contributed by atoms with Crippen LogP contribution in [-0.4, -0.2) is 17.2 Å². The van der Waals surface area contributed by atoms with Gasteiger partial charge in [-0.15, -0.1) is 0 Å². The van der Waals surface area contributed by atoms with E-state index < -0.39 is 34.2 Å². The number of Topliss-reactive ketones (excluding diaryl/α,β-unsaturated/α-hetero) is 2. The second kappa shape index (κ2) is 8.62. The van der Waals surface area contributed by atoms with E-state index in [1.54, 1.807) is 0 Å². The Morgan fingerprint density at radius 2 is 1.28 bits per heavy atom. The van der Waals surface area contributed by atoms with Crippen LogP contribution < -0.4 is 5.06 Å². The lowest BCUT2D eigenvalue weighted by Crippen LogP contribution is -2.55. The zero-order valence-electron chi connectivity index (χ0n) is 23.5.